The van der Waals surface area contributed by atoms with Gasteiger partial charge in [0.25, 0.3) is 0 Å². The van der Waals surface area contributed by atoms with Gasteiger partial charge < -0.3 is 9.88 Å². The molecule has 1 aliphatic heterocycles. The number of nitrogens with one attached hydrogen (secondary N) is 1. The smallest absolute Gasteiger partial charge is 0.0483 e. The van der Waals surface area contributed by atoms with Crippen LogP contribution in [0.25, 0.3) is 10.9 Å². The second-order valence-corrected chi connectivity index (χ2v) is 5.67. The summed E-state index contributed by atoms with van der Waals surface area (Å²) in [5.41, 5.74) is 2.84. The van der Waals surface area contributed by atoms with Crippen LogP contribution >= 0.6 is 0 Å². The van der Waals surface area contributed by atoms with E-state index in [9.17, 15) is 0 Å². The maximum Gasteiger partial charge on any atom is 0.0483 e. The molecule has 2 heterocycles. The number of hydrogen-bond acceptors (Lipinski definition) is 2. The van der Waals surface area contributed by atoms with Crippen LogP contribution in [-0.4, -0.2) is 35.1 Å². The molecule has 1 saturated heterocycles. The van der Waals surface area contributed by atoms with Crippen LogP contribution < -0.4 is 5.32 Å². The minimum absolute atomic E-state index is 0.698. The number of nitrogens with zero attached hydrogens (tertiary/aromatic N) is 2. The maximum absolute atomic E-state index is 3.48. The Labute approximate surface area is 121 Å². The van der Waals surface area contributed by atoms with Gasteiger partial charge in [0.15, 0.2) is 0 Å². The Morgan fingerprint density at radius 3 is 2.85 bits per heavy atom. The van der Waals surface area contributed by atoms with Crippen molar-refractivity contribution < 1.29 is 0 Å². The summed E-state index contributed by atoms with van der Waals surface area (Å²) < 4.78 is 2.37. The highest BCUT2D eigenvalue weighted by molar-refractivity contribution is 5.83. The number of aromatic nitrogens is 1. The predicted octanol–water partition coefficient (Wildman–Crippen LogP) is 2.85. The molecule has 1 aromatic heterocycles. The Morgan fingerprint density at radius 1 is 1.30 bits per heavy atom. The molecule has 0 saturated carbocycles. The number of likely N-dealkylation sites (N-methyl/N-ethyl adjacent to an activating group) is 1. The van der Waals surface area contributed by atoms with Crippen molar-refractivity contribution in [3.05, 3.63) is 36.0 Å². The van der Waals surface area contributed by atoms with Crippen molar-refractivity contribution in [1.29, 1.82) is 0 Å². The molecule has 0 spiro atoms. The van der Waals surface area contributed by atoms with E-state index in [1.807, 2.05) is 0 Å². The molecular formula is C17H25N3. The number of hydrogen-bond donors (Lipinski definition) is 1. The molecule has 0 radical (unpaired) electrons. The van der Waals surface area contributed by atoms with Gasteiger partial charge in [0, 0.05) is 42.8 Å². The topological polar surface area (TPSA) is 20.2 Å². The van der Waals surface area contributed by atoms with Gasteiger partial charge in [0.1, 0.15) is 0 Å². The summed E-state index contributed by atoms with van der Waals surface area (Å²) in [5.74, 6) is 0. The number of para-hydroxylation sites is 1. The fourth-order valence-electron chi connectivity index (χ4n) is 3.38. The standard InChI is InChI=1S/C17H25N3/c1-3-19(15-9-10-18-11-15)12-14-13-20(4-2)17-8-6-5-7-16(14)17/h5-8,13,15,18H,3-4,9-12H2,1-2H3. The third-order valence-electron chi connectivity index (χ3n) is 4.54. The Kier molecular flexibility index (Phi) is 4.08. The van der Waals surface area contributed by atoms with Gasteiger partial charge in [-0.2, -0.15) is 0 Å². The summed E-state index contributed by atoms with van der Waals surface area (Å²) in [4.78, 5) is 2.61. The van der Waals surface area contributed by atoms with E-state index in [2.05, 4.69) is 59.1 Å². The van der Waals surface area contributed by atoms with E-state index in [1.54, 1.807) is 0 Å². The lowest BCUT2D eigenvalue weighted by molar-refractivity contribution is 0.211. The van der Waals surface area contributed by atoms with Crippen LogP contribution in [0.4, 0.5) is 0 Å². The first-order chi connectivity index (χ1) is 9.83. The van der Waals surface area contributed by atoms with Crippen molar-refractivity contribution in [2.75, 3.05) is 19.6 Å². The van der Waals surface area contributed by atoms with E-state index in [1.165, 1.54) is 22.9 Å². The van der Waals surface area contributed by atoms with Gasteiger partial charge in [-0.1, -0.05) is 25.1 Å². The average Bonchev–Trinajstić information content (AvgIpc) is 3.13. The predicted molar refractivity (Wildman–Crippen MR) is 85.0 cm³/mol. The summed E-state index contributed by atoms with van der Waals surface area (Å²) >= 11 is 0. The molecule has 0 aliphatic carbocycles. The minimum Gasteiger partial charge on any atom is -0.347 e. The van der Waals surface area contributed by atoms with Gasteiger partial charge in [-0.05, 0) is 38.1 Å². The molecule has 0 amide bonds. The van der Waals surface area contributed by atoms with E-state index in [-0.39, 0.29) is 0 Å². The van der Waals surface area contributed by atoms with Crippen molar-refractivity contribution in [3.63, 3.8) is 0 Å². The molecule has 20 heavy (non-hydrogen) atoms. The minimum atomic E-state index is 0.698. The number of benzene rings is 1. The van der Waals surface area contributed by atoms with Crippen molar-refractivity contribution >= 4 is 10.9 Å². The van der Waals surface area contributed by atoms with Gasteiger partial charge in [-0.15, -0.1) is 0 Å². The van der Waals surface area contributed by atoms with Crippen LogP contribution in [0.3, 0.4) is 0 Å². The Balaban J connectivity index is 1.89. The van der Waals surface area contributed by atoms with Gasteiger partial charge in [0.05, 0.1) is 0 Å². The lowest BCUT2D eigenvalue weighted by Crippen LogP contribution is -2.36. The van der Waals surface area contributed by atoms with E-state index in [4.69, 9.17) is 0 Å². The Bertz CT molecular complexity index is 567. The monoisotopic (exact) mass is 271 g/mol. The summed E-state index contributed by atoms with van der Waals surface area (Å²) in [5, 5.41) is 4.90. The molecule has 1 aromatic carbocycles. The molecule has 1 N–H and O–H groups in total. The molecule has 3 nitrogen and oxygen atoms in total. The highest BCUT2D eigenvalue weighted by atomic mass is 15.2. The van der Waals surface area contributed by atoms with Gasteiger partial charge in [-0.3, -0.25) is 4.90 Å². The maximum atomic E-state index is 3.48. The fraction of sp³-hybridized carbons (Fsp3) is 0.529. The molecule has 1 aliphatic rings. The van der Waals surface area contributed by atoms with Crippen molar-refractivity contribution in [3.8, 4) is 0 Å². The zero-order chi connectivity index (χ0) is 13.9. The highest BCUT2D eigenvalue weighted by Crippen LogP contribution is 2.24. The first-order valence-corrected chi connectivity index (χ1v) is 7.85. The lowest BCUT2D eigenvalue weighted by atomic mass is 10.1. The SMILES string of the molecule is CCN(Cc1cn(CC)c2ccccc12)C1CCNC1. The molecule has 3 rings (SSSR count). The van der Waals surface area contributed by atoms with E-state index in [0.717, 1.165) is 32.7 Å². The number of aryl methyl sites for hydroxylation is 1. The summed E-state index contributed by atoms with van der Waals surface area (Å²) in [6, 6.07) is 9.48. The third kappa shape index (κ3) is 2.48. The summed E-state index contributed by atoms with van der Waals surface area (Å²) in [6.45, 7) is 10.0. The number of rotatable bonds is 5. The highest BCUT2D eigenvalue weighted by Gasteiger charge is 2.22. The molecule has 0 bridgehead atoms. The zero-order valence-electron chi connectivity index (χ0n) is 12.6. The Morgan fingerprint density at radius 2 is 2.15 bits per heavy atom. The van der Waals surface area contributed by atoms with Crippen LogP contribution in [-0.2, 0) is 13.1 Å². The second kappa shape index (κ2) is 5.98. The molecular weight excluding hydrogens is 246 g/mol. The fourth-order valence-corrected chi connectivity index (χ4v) is 3.38. The van der Waals surface area contributed by atoms with E-state index >= 15 is 0 Å². The summed E-state index contributed by atoms with van der Waals surface area (Å²) in [7, 11) is 0. The number of fused-ring (bicyclic) bond motifs is 1. The molecule has 3 heteroatoms. The van der Waals surface area contributed by atoms with Crippen molar-refractivity contribution in [2.24, 2.45) is 0 Å². The second-order valence-electron chi connectivity index (χ2n) is 5.67. The average molecular weight is 271 g/mol. The van der Waals surface area contributed by atoms with Gasteiger partial charge in [0.2, 0.25) is 0 Å². The molecule has 108 valence electrons. The quantitative estimate of drug-likeness (QED) is 0.902. The van der Waals surface area contributed by atoms with Crippen LogP contribution in [0.15, 0.2) is 30.5 Å². The molecule has 1 unspecified atom stereocenters. The largest absolute Gasteiger partial charge is 0.347 e. The lowest BCUT2D eigenvalue weighted by Gasteiger charge is -2.26. The Hall–Kier alpha value is -1.32. The van der Waals surface area contributed by atoms with Crippen molar-refractivity contribution in [1.82, 2.24) is 14.8 Å². The third-order valence-corrected chi connectivity index (χ3v) is 4.54. The molecule has 1 atom stereocenters. The van der Waals surface area contributed by atoms with Crippen LogP contribution in [0, 0.1) is 0 Å². The van der Waals surface area contributed by atoms with E-state index < -0.39 is 0 Å². The van der Waals surface area contributed by atoms with Gasteiger partial charge >= 0.3 is 0 Å². The molecule has 1 fully saturated rings. The zero-order valence-corrected chi connectivity index (χ0v) is 12.6. The van der Waals surface area contributed by atoms with Crippen LogP contribution in [0.2, 0.25) is 0 Å². The summed E-state index contributed by atoms with van der Waals surface area (Å²) in [6.07, 6.45) is 3.62. The first kappa shape index (κ1) is 13.7. The van der Waals surface area contributed by atoms with Crippen LogP contribution in [0.5, 0.6) is 0 Å². The van der Waals surface area contributed by atoms with Crippen LogP contribution in [0.1, 0.15) is 25.8 Å². The van der Waals surface area contributed by atoms with Gasteiger partial charge in [-0.25, -0.2) is 0 Å². The van der Waals surface area contributed by atoms with E-state index in [0.29, 0.717) is 6.04 Å². The molecule has 2 aromatic rings. The normalized spacial score (nSPS) is 19.2. The van der Waals surface area contributed by atoms with Crippen molar-refractivity contribution in [2.45, 2.75) is 39.4 Å². The first-order valence-electron chi connectivity index (χ1n) is 7.85.